The van der Waals surface area contributed by atoms with Gasteiger partial charge in [0.2, 0.25) is 0 Å². The number of fused-ring (bicyclic) bond motifs is 1. The number of ether oxygens (including phenoxy) is 1. The second kappa shape index (κ2) is 2.55. The maximum Gasteiger partial charge on any atom is 0.164 e. The highest BCUT2D eigenvalue weighted by Gasteiger charge is 2.04. The summed E-state index contributed by atoms with van der Waals surface area (Å²) in [6.07, 6.45) is 1.60. The van der Waals surface area contributed by atoms with E-state index in [2.05, 4.69) is 6.92 Å². The molecule has 2 aromatic rings. The van der Waals surface area contributed by atoms with Crippen LogP contribution in [-0.4, -0.2) is 7.11 Å². The van der Waals surface area contributed by atoms with Crippen molar-refractivity contribution in [1.82, 2.24) is 0 Å². The van der Waals surface area contributed by atoms with Gasteiger partial charge in [0.15, 0.2) is 5.75 Å². The predicted octanol–water partition coefficient (Wildman–Crippen LogP) is 2.62. The minimum atomic E-state index is 0.760. The largest absolute Gasteiger partial charge is 0.493 e. The summed E-state index contributed by atoms with van der Waals surface area (Å²) < 4.78 is 10.3. The Morgan fingerprint density at radius 2 is 2.25 bits per heavy atom. The molecule has 0 N–H and O–H groups in total. The first-order valence-corrected chi connectivity index (χ1v) is 3.68. The van der Waals surface area contributed by atoms with E-state index in [4.69, 9.17) is 9.15 Å². The molecule has 0 fully saturated rings. The molecule has 0 saturated heterocycles. The molecule has 1 radical (unpaired) electrons. The van der Waals surface area contributed by atoms with E-state index in [9.17, 15) is 0 Å². The highest BCUT2D eigenvalue weighted by Crippen LogP contribution is 2.27. The van der Waals surface area contributed by atoms with Gasteiger partial charge >= 0.3 is 0 Å². The predicted molar refractivity (Wildman–Crippen MR) is 47.2 cm³/mol. The summed E-state index contributed by atoms with van der Waals surface area (Å²) in [4.78, 5) is 0. The number of hydrogen-bond donors (Lipinski definition) is 0. The minimum absolute atomic E-state index is 0.760. The van der Waals surface area contributed by atoms with Crippen molar-refractivity contribution >= 4 is 11.0 Å². The van der Waals surface area contributed by atoms with Crippen molar-refractivity contribution in [2.75, 3.05) is 7.11 Å². The zero-order valence-electron chi connectivity index (χ0n) is 6.83. The Labute approximate surface area is 70.8 Å². The third-order valence-electron chi connectivity index (χ3n) is 1.82. The molecule has 1 aromatic carbocycles. The standard InChI is InChI=1S/C10H9O2/c1-7-3-4-9-8(5-7)10(11-2)6-12-9/h3-6H,1H2,2H3. The van der Waals surface area contributed by atoms with Crippen LogP contribution in [0.5, 0.6) is 5.75 Å². The summed E-state index contributed by atoms with van der Waals surface area (Å²) in [6.45, 7) is 3.83. The van der Waals surface area contributed by atoms with Crippen molar-refractivity contribution in [2.45, 2.75) is 0 Å². The quantitative estimate of drug-likeness (QED) is 0.641. The van der Waals surface area contributed by atoms with Crippen LogP contribution in [0.3, 0.4) is 0 Å². The first-order valence-electron chi connectivity index (χ1n) is 3.68. The molecule has 0 spiro atoms. The zero-order chi connectivity index (χ0) is 8.55. The van der Waals surface area contributed by atoms with Crippen molar-refractivity contribution in [3.8, 4) is 5.75 Å². The zero-order valence-corrected chi connectivity index (χ0v) is 6.83. The molecule has 0 bridgehead atoms. The van der Waals surface area contributed by atoms with E-state index in [1.807, 2.05) is 18.2 Å². The fourth-order valence-corrected chi connectivity index (χ4v) is 1.21. The van der Waals surface area contributed by atoms with Gasteiger partial charge in [-0.3, -0.25) is 0 Å². The van der Waals surface area contributed by atoms with Crippen LogP contribution in [0.1, 0.15) is 5.56 Å². The molecule has 2 rings (SSSR count). The van der Waals surface area contributed by atoms with E-state index < -0.39 is 0 Å². The van der Waals surface area contributed by atoms with Crippen molar-refractivity contribution in [1.29, 1.82) is 0 Å². The molecule has 0 amide bonds. The normalized spacial score (nSPS) is 10.5. The van der Waals surface area contributed by atoms with Crippen LogP contribution in [0, 0.1) is 6.92 Å². The Morgan fingerprint density at radius 3 is 3.00 bits per heavy atom. The van der Waals surface area contributed by atoms with Gasteiger partial charge < -0.3 is 9.15 Å². The van der Waals surface area contributed by atoms with E-state index in [1.165, 1.54) is 0 Å². The number of benzene rings is 1. The molecule has 0 aliphatic heterocycles. The molecule has 0 aliphatic carbocycles. The van der Waals surface area contributed by atoms with Crippen LogP contribution in [0.2, 0.25) is 0 Å². The topological polar surface area (TPSA) is 22.4 Å². The van der Waals surface area contributed by atoms with Crippen LogP contribution in [0.4, 0.5) is 0 Å². The van der Waals surface area contributed by atoms with Crippen LogP contribution in [-0.2, 0) is 0 Å². The number of rotatable bonds is 1. The molecular weight excluding hydrogens is 152 g/mol. The van der Waals surface area contributed by atoms with Gasteiger partial charge in [0.25, 0.3) is 0 Å². The van der Waals surface area contributed by atoms with Crippen molar-refractivity contribution in [2.24, 2.45) is 0 Å². The lowest BCUT2D eigenvalue weighted by Gasteiger charge is -1.94. The van der Waals surface area contributed by atoms with E-state index in [1.54, 1.807) is 13.4 Å². The van der Waals surface area contributed by atoms with E-state index in [0.717, 1.165) is 22.3 Å². The number of furan rings is 1. The Hall–Kier alpha value is -1.44. The summed E-state index contributed by atoms with van der Waals surface area (Å²) in [6, 6.07) is 5.74. The summed E-state index contributed by atoms with van der Waals surface area (Å²) in [5.41, 5.74) is 1.79. The Kier molecular flexibility index (Phi) is 1.54. The van der Waals surface area contributed by atoms with Crippen LogP contribution in [0.15, 0.2) is 28.9 Å². The van der Waals surface area contributed by atoms with Crippen LogP contribution in [0.25, 0.3) is 11.0 Å². The maximum absolute atomic E-state index is 5.24. The van der Waals surface area contributed by atoms with Crippen molar-refractivity contribution in [3.05, 3.63) is 36.9 Å². The summed E-state index contributed by atoms with van der Waals surface area (Å²) >= 11 is 0. The number of hydrogen-bond acceptors (Lipinski definition) is 2. The van der Waals surface area contributed by atoms with Gasteiger partial charge in [-0.05, 0) is 24.6 Å². The highest BCUT2D eigenvalue weighted by molar-refractivity contribution is 5.84. The average molecular weight is 161 g/mol. The lowest BCUT2D eigenvalue weighted by molar-refractivity contribution is 0.410. The fourth-order valence-electron chi connectivity index (χ4n) is 1.21. The van der Waals surface area contributed by atoms with Crippen molar-refractivity contribution < 1.29 is 9.15 Å². The molecule has 2 nitrogen and oxygen atoms in total. The molecule has 2 heteroatoms. The van der Waals surface area contributed by atoms with Gasteiger partial charge in [0.1, 0.15) is 11.8 Å². The SMILES string of the molecule is [CH2]c1ccc2occ(OC)c2c1. The lowest BCUT2D eigenvalue weighted by atomic mass is 10.2. The Morgan fingerprint density at radius 1 is 1.42 bits per heavy atom. The molecule has 61 valence electrons. The molecule has 1 aromatic heterocycles. The Bertz CT molecular complexity index is 401. The maximum atomic E-state index is 5.24. The van der Waals surface area contributed by atoms with Gasteiger partial charge in [0, 0.05) is 0 Å². The van der Waals surface area contributed by atoms with Crippen molar-refractivity contribution in [3.63, 3.8) is 0 Å². The lowest BCUT2D eigenvalue weighted by Crippen LogP contribution is -1.79. The Balaban J connectivity index is 2.75. The van der Waals surface area contributed by atoms with Gasteiger partial charge in [-0.15, -0.1) is 0 Å². The molecule has 0 atom stereocenters. The first-order chi connectivity index (χ1) is 5.81. The number of methoxy groups -OCH3 is 1. The molecule has 0 unspecified atom stereocenters. The van der Waals surface area contributed by atoms with Gasteiger partial charge in [0.05, 0.1) is 12.5 Å². The van der Waals surface area contributed by atoms with Crippen LogP contribution >= 0.6 is 0 Å². The van der Waals surface area contributed by atoms with Crippen LogP contribution < -0.4 is 4.74 Å². The highest BCUT2D eigenvalue weighted by atomic mass is 16.5. The molecule has 0 aliphatic rings. The third kappa shape index (κ3) is 0.961. The molecule has 1 heterocycles. The fraction of sp³-hybridized carbons (Fsp3) is 0.100. The van der Waals surface area contributed by atoms with Gasteiger partial charge in [-0.2, -0.15) is 0 Å². The second-order valence-corrected chi connectivity index (χ2v) is 2.63. The smallest absolute Gasteiger partial charge is 0.164 e. The summed E-state index contributed by atoms with van der Waals surface area (Å²) in [7, 11) is 1.63. The van der Waals surface area contributed by atoms with E-state index >= 15 is 0 Å². The summed E-state index contributed by atoms with van der Waals surface area (Å²) in [5, 5.41) is 0.977. The van der Waals surface area contributed by atoms with E-state index in [0.29, 0.717) is 0 Å². The monoisotopic (exact) mass is 161 g/mol. The average Bonchev–Trinajstić information content (AvgIpc) is 2.46. The minimum Gasteiger partial charge on any atom is -0.493 e. The second-order valence-electron chi connectivity index (χ2n) is 2.63. The van der Waals surface area contributed by atoms with Gasteiger partial charge in [-0.1, -0.05) is 6.07 Å². The first kappa shape index (κ1) is 7.22. The third-order valence-corrected chi connectivity index (χ3v) is 1.82. The molecular formula is C10H9O2. The molecule has 0 saturated carbocycles. The van der Waals surface area contributed by atoms with Gasteiger partial charge in [-0.25, -0.2) is 0 Å². The molecule has 12 heavy (non-hydrogen) atoms. The van der Waals surface area contributed by atoms with E-state index in [-0.39, 0.29) is 0 Å². The summed E-state index contributed by atoms with van der Waals surface area (Å²) in [5.74, 6) is 0.760.